The lowest BCUT2D eigenvalue weighted by Gasteiger charge is -2.11. The van der Waals surface area contributed by atoms with Crippen LogP contribution in [0.1, 0.15) is 33.6 Å². The summed E-state index contributed by atoms with van der Waals surface area (Å²) in [7, 11) is 0. The molecule has 0 saturated heterocycles. The molecule has 13 heavy (non-hydrogen) atoms. The summed E-state index contributed by atoms with van der Waals surface area (Å²) in [6.45, 7) is 5.96. The fraction of sp³-hybridized carbons (Fsp3) is 0.800. The van der Waals surface area contributed by atoms with E-state index in [1.54, 1.807) is 6.92 Å². The van der Waals surface area contributed by atoms with Crippen LogP contribution in [0.25, 0.3) is 0 Å². The molecule has 0 spiro atoms. The van der Waals surface area contributed by atoms with Crippen molar-refractivity contribution >= 4 is 11.5 Å². The smallest absolute Gasteiger partial charge is 0.138 e. The average Bonchev–Trinajstić information content (AvgIpc) is 2.09. The third kappa shape index (κ3) is 4.78. The second-order valence-electron chi connectivity index (χ2n) is 3.20. The van der Waals surface area contributed by atoms with Gasteiger partial charge in [0.25, 0.3) is 0 Å². The highest BCUT2D eigenvalue weighted by molar-refractivity contribution is 6.02. The normalized spacial score (nSPS) is 14.3. The molecule has 0 aromatic carbocycles. The van der Waals surface area contributed by atoms with E-state index in [0.29, 0.717) is 6.54 Å². The van der Waals surface area contributed by atoms with Crippen molar-refractivity contribution in [2.24, 2.45) is 10.9 Å². The molecule has 1 N–H and O–H groups in total. The van der Waals surface area contributed by atoms with Gasteiger partial charge in [-0.15, -0.1) is 0 Å². The Morgan fingerprint density at radius 2 is 2.08 bits per heavy atom. The lowest BCUT2D eigenvalue weighted by Crippen LogP contribution is -2.20. The maximum atomic E-state index is 11.2. The highest BCUT2D eigenvalue weighted by atomic mass is 16.3. The molecule has 0 aromatic heterocycles. The molecular weight excluding hydrogens is 166 g/mol. The topological polar surface area (TPSA) is 49.7 Å². The number of aliphatic hydroxyl groups excluding tert-OH is 1. The van der Waals surface area contributed by atoms with Crippen LogP contribution >= 0.6 is 0 Å². The van der Waals surface area contributed by atoms with E-state index in [9.17, 15) is 4.79 Å². The van der Waals surface area contributed by atoms with E-state index < -0.39 is 0 Å². The van der Waals surface area contributed by atoms with Gasteiger partial charge in [-0.1, -0.05) is 13.3 Å². The quantitative estimate of drug-likeness (QED) is 0.637. The molecule has 0 rings (SSSR count). The maximum absolute atomic E-state index is 11.2. The second-order valence-corrected chi connectivity index (χ2v) is 3.20. The molecule has 76 valence electrons. The molecule has 0 aromatic rings. The van der Waals surface area contributed by atoms with Gasteiger partial charge in [-0.3, -0.25) is 9.79 Å². The molecule has 0 radical (unpaired) electrons. The van der Waals surface area contributed by atoms with Gasteiger partial charge in [0.05, 0.1) is 19.1 Å². The third-order valence-electron chi connectivity index (χ3n) is 2.03. The molecule has 0 saturated carbocycles. The zero-order chi connectivity index (χ0) is 10.3. The van der Waals surface area contributed by atoms with E-state index in [-0.39, 0.29) is 18.3 Å². The van der Waals surface area contributed by atoms with Crippen LogP contribution in [0.5, 0.6) is 0 Å². The van der Waals surface area contributed by atoms with Gasteiger partial charge in [-0.05, 0) is 20.3 Å². The molecule has 0 aliphatic heterocycles. The minimum absolute atomic E-state index is 0.0449. The molecule has 0 aliphatic carbocycles. The van der Waals surface area contributed by atoms with Crippen molar-refractivity contribution < 1.29 is 9.90 Å². The van der Waals surface area contributed by atoms with Crippen molar-refractivity contribution in [3.05, 3.63) is 0 Å². The number of Topliss-reactive ketones (excluding diaryl/α,β-unsaturated/α-hetero) is 1. The minimum atomic E-state index is -0.0449. The van der Waals surface area contributed by atoms with Crippen LogP contribution in [0.15, 0.2) is 4.99 Å². The molecule has 0 amide bonds. The lowest BCUT2D eigenvalue weighted by atomic mass is 9.95. The summed E-state index contributed by atoms with van der Waals surface area (Å²) in [5.41, 5.74) is 0.850. The van der Waals surface area contributed by atoms with Crippen LogP contribution in [-0.2, 0) is 4.79 Å². The Labute approximate surface area is 79.9 Å². The number of aliphatic imine (C=N–C) groups is 1. The molecule has 3 heteroatoms. The van der Waals surface area contributed by atoms with E-state index in [1.807, 2.05) is 6.92 Å². The maximum Gasteiger partial charge on any atom is 0.138 e. The molecule has 3 nitrogen and oxygen atoms in total. The zero-order valence-electron chi connectivity index (χ0n) is 8.71. The summed E-state index contributed by atoms with van der Waals surface area (Å²) in [6.07, 6.45) is 1.84. The summed E-state index contributed by atoms with van der Waals surface area (Å²) in [4.78, 5) is 15.3. The Hall–Kier alpha value is -0.700. The Morgan fingerprint density at radius 3 is 2.46 bits per heavy atom. The van der Waals surface area contributed by atoms with Crippen LogP contribution in [0.2, 0.25) is 0 Å². The SMILES string of the molecule is CCCC(C(C)=O)C(C)=NCCO. The second kappa shape index (κ2) is 6.78. The van der Waals surface area contributed by atoms with Crippen LogP contribution in [0.3, 0.4) is 0 Å². The Kier molecular flexibility index (Phi) is 6.41. The number of carbonyl (C=O) groups excluding carboxylic acids is 1. The minimum Gasteiger partial charge on any atom is -0.394 e. The first-order valence-electron chi connectivity index (χ1n) is 4.75. The monoisotopic (exact) mass is 185 g/mol. The molecule has 0 aliphatic rings. The summed E-state index contributed by atoms with van der Waals surface area (Å²) in [5.74, 6) is 0.123. The summed E-state index contributed by atoms with van der Waals surface area (Å²) in [6, 6.07) is 0. The van der Waals surface area contributed by atoms with Gasteiger partial charge < -0.3 is 5.11 Å². The molecule has 1 atom stereocenters. The van der Waals surface area contributed by atoms with Crippen LogP contribution in [0.4, 0.5) is 0 Å². The summed E-state index contributed by atoms with van der Waals surface area (Å²) in [5, 5.41) is 8.57. The fourth-order valence-corrected chi connectivity index (χ4v) is 1.33. The van der Waals surface area contributed by atoms with Gasteiger partial charge in [-0.25, -0.2) is 0 Å². The van der Waals surface area contributed by atoms with Crippen molar-refractivity contribution in [3.63, 3.8) is 0 Å². The largest absolute Gasteiger partial charge is 0.394 e. The predicted molar refractivity (Wildman–Crippen MR) is 54.1 cm³/mol. The third-order valence-corrected chi connectivity index (χ3v) is 2.03. The van der Waals surface area contributed by atoms with Crippen molar-refractivity contribution in [3.8, 4) is 0 Å². The van der Waals surface area contributed by atoms with E-state index in [0.717, 1.165) is 18.6 Å². The van der Waals surface area contributed by atoms with Gasteiger partial charge in [-0.2, -0.15) is 0 Å². The van der Waals surface area contributed by atoms with E-state index in [4.69, 9.17) is 5.11 Å². The molecule has 0 heterocycles. The van der Waals surface area contributed by atoms with Gasteiger partial charge in [0.1, 0.15) is 5.78 Å². The number of carbonyl (C=O) groups is 1. The number of ketones is 1. The van der Waals surface area contributed by atoms with Gasteiger partial charge in [0, 0.05) is 5.71 Å². The highest BCUT2D eigenvalue weighted by Crippen LogP contribution is 2.10. The van der Waals surface area contributed by atoms with Crippen molar-refractivity contribution in [2.45, 2.75) is 33.6 Å². The van der Waals surface area contributed by atoms with E-state index >= 15 is 0 Å². The van der Waals surface area contributed by atoms with Crippen LogP contribution in [0, 0.1) is 5.92 Å². The first-order valence-corrected chi connectivity index (χ1v) is 4.75. The first kappa shape index (κ1) is 12.3. The standard InChI is InChI=1S/C10H19NO2/c1-4-5-10(9(3)13)8(2)11-6-7-12/h10,12H,4-7H2,1-3H3. The van der Waals surface area contributed by atoms with Gasteiger partial charge >= 0.3 is 0 Å². The predicted octanol–water partition coefficient (Wildman–Crippen LogP) is 1.44. The lowest BCUT2D eigenvalue weighted by molar-refractivity contribution is -0.119. The number of aliphatic hydroxyl groups is 1. The van der Waals surface area contributed by atoms with Crippen LogP contribution < -0.4 is 0 Å². The van der Waals surface area contributed by atoms with Gasteiger partial charge in [0.15, 0.2) is 0 Å². The molecule has 0 bridgehead atoms. The number of hydrogen-bond acceptors (Lipinski definition) is 3. The Morgan fingerprint density at radius 1 is 1.46 bits per heavy atom. The number of rotatable bonds is 6. The molecular formula is C10H19NO2. The fourth-order valence-electron chi connectivity index (χ4n) is 1.33. The molecule has 1 unspecified atom stereocenters. The van der Waals surface area contributed by atoms with E-state index in [2.05, 4.69) is 11.9 Å². The summed E-state index contributed by atoms with van der Waals surface area (Å²) < 4.78 is 0. The van der Waals surface area contributed by atoms with Crippen molar-refractivity contribution in [2.75, 3.05) is 13.2 Å². The molecule has 0 fully saturated rings. The Balaban J connectivity index is 4.26. The highest BCUT2D eigenvalue weighted by Gasteiger charge is 2.15. The number of hydrogen-bond donors (Lipinski definition) is 1. The first-order chi connectivity index (χ1) is 6.13. The zero-order valence-corrected chi connectivity index (χ0v) is 8.71. The number of nitrogens with zero attached hydrogens (tertiary/aromatic N) is 1. The van der Waals surface area contributed by atoms with Gasteiger partial charge in [0.2, 0.25) is 0 Å². The summed E-state index contributed by atoms with van der Waals surface area (Å²) >= 11 is 0. The van der Waals surface area contributed by atoms with Crippen molar-refractivity contribution in [1.82, 2.24) is 0 Å². The van der Waals surface area contributed by atoms with Crippen molar-refractivity contribution in [1.29, 1.82) is 0 Å². The average molecular weight is 185 g/mol. The Bertz CT molecular complexity index is 187. The van der Waals surface area contributed by atoms with E-state index in [1.165, 1.54) is 0 Å². The van der Waals surface area contributed by atoms with Crippen LogP contribution in [-0.4, -0.2) is 29.8 Å².